The summed E-state index contributed by atoms with van der Waals surface area (Å²) in [5, 5.41) is 6.06. The second-order valence-electron chi connectivity index (χ2n) is 5.39. The first kappa shape index (κ1) is 18.7. The number of anilines is 2. The number of hydrogen-bond acceptors (Lipinski definition) is 6. The van der Waals surface area contributed by atoms with Crippen LogP contribution in [0.3, 0.4) is 0 Å². The number of halogens is 1. The number of rotatable bonds is 6. The van der Waals surface area contributed by atoms with Gasteiger partial charge in [-0.15, -0.1) is 0 Å². The predicted octanol–water partition coefficient (Wildman–Crippen LogP) is 3.38. The van der Waals surface area contributed by atoms with E-state index in [0.29, 0.717) is 16.7 Å². The highest BCUT2D eigenvalue weighted by molar-refractivity contribution is 6.34. The van der Waals surface area contributed by atoms with Crippen molar-refractivity contribution >= 4 is 35.1 Å². The summed E-state index contributed by atoms with van der Waals surface area (Å²) in [6.07, 6.45) is 3.77. The molecule has 0 spiro atoms. The lowest BCUT2D eigenvalue weighted by molar-refractivity contribution is 0.0600. The number of nitrogens with one attached hydrogen (secondary N) is 2. The highest BCUT2D eigenvalue weighted by Gasteiger charge is 2.13. The van der Waals surface area contributed by atoms with Gasteiger partial charge in [0, 0.05) is 18.4 Å². The highest BCUT2D eigenvalue weighted by Crippen LogP contribution is 2.24. The number of nitrogens with zero attached hydrogens (tertiary/aromatic N) is 2. The summed E-state index contributed by atoms with van der Waals surface area (Å²) in [5.74, 6) is -0.494. The van der Waals surface area contributed by atoms with Crippen LogP contribution in [0.15, 0.2) is 30.6 Å². The first-order chi connectivity index (χ1) is 11.9. The van der Waals surface area contributed by atoms with Crippen LogP contribution in [0, 0.1) is 0 Å². The van der Waals surface area contributed by atoms with Gasteiger partial charge in [-0.2, -0.15) is 0 Å². The normalized spacial score (nSPS) is 11.5. The SMILES string of the molecule is CCC(C)Nc1ncc(C(=O)Nc2cc(C(=O)OC)ccc2Cl)cn1. The summed E-state index contributed by atoms with van der Waals surface area (Å²) < 4.78 is 4.65. The molecule has 0 aliphatic heterocycles. The Labute approximate surface area is 150 Å². The average Bonchev–Trinajstić information content (AvgIpc) is 2.63. The molecule has 0 saturated carbocycles. The van der Waals surface area contributed by atoms with Crippen molar-refractivity contribution in [2.24, 2.45) is 0 Å². The summed E-state index contributed by atoms with van der Waals surface area (Å²) in [5.41, 5.74) is 0.858. The second-order valence-corrected chi connectivity index (χ2v) is 5.80. The first-order valence-electron chi connectivity index (χ1n) is 7.72. The minimum atomic E-state index is -0.518. The number of aromatic nitrogens is 2. The van der Waals surface area contributed by atoms with E-state index in [1.54, 1.807) is 0 Å². The van der Waals surface area contributed by atoms with E-state index in [9.17, 15) is 9.59 Å². The van der Waals surface area contributed by atoms with Crippen molar-refractivity contribution in [1.82, 2.24) is 9.97 Å². The third kappa shape index (κ3) is 4.90. The smallest absolute Gasteiger partial charge is 0.337 e. The fourth-order valence-corrected chi connectivity index (χ4v) is 2.07. The molecule has 0 saturated heterocycles. The van der Waals surface area contributed by atoms with E-state index in [-0.39, 0.29) is 17.2 Å². The Hall–Kier alpha value is -2.67. The van der Waals surface area contributed by atoms with Crippen molar-refractivity contribution in [3.63, 3.8) is 0 Å². The van der Waals surface area contributed by atoms with Crippen LogP contribution in [0.25, 0.3) is 0 Å². The molecule has 1 atom stereocenters. The van der Waals surface area contributed by atoms with E-state index in [1.165, 1.54) is 37.7 Å². The number of amides is 1. The molecule has 2 rings (SSSR count). The Morgan fingerprint density at radius 3 is 2.52 bits per heavy atom. The summed E-state index contributed by atoms with van der Waals surface area (Å²) in [7, 11) is 1.28. The summed E-state index contributed by atoms with van der Waals surface area (Å²) >= 11 is 6.07. The molecule has 1 heterocycles. The molecule has 1 unspecified atom stereocenters. The summed E-state index contributed by atoms with van der Waals surface area (Å²) in [6, 6.07) is 4.72. The van der Waals surface area contributed by atoms with Gasteiger partial charge < -0.3 is 15.4 Å². The molecule has 7 nitrogen and oxygen atoms in total. The fourth-order valence-electron chi connectivity index (χ4n) is 1.90. The van der Waals surface area contributed by atoms with Crippen LogP contribution in [0.1, 0.15) is 41.0 Å². The third-order valence-electron chi connectivity index (χ3n) is 3.54. The van der Waals surface area contributed by atoms with Crippen LogP contribution in [-0.4, -0.2) is 35.0 Å². The zero-order chi connectivity index (χ0) is 18.4. The maximum atomic E-state index is 12.3. The van der Waals surface area contributed by atoms with E-state index in [4.69, 9.17) is 11.6 Å². The number of esters is 1. The second kappa shape index (κ2) is 8.43. The van der Waals surface area contributed by atoms with Gasteiger partial charge in [-0.1, -0.05) is 18.5 Å². The van der Waals surface area contributed by atoms with Crippen molar-refractivity contribution in [3.05, 3.63) is 46.7 Å². The first-order valence-corrected chi connectivity index (χ1v) is 8.10. The van der Waals surface area contributed by atoms with Crippen LogP contribution in [0.4, 0.5) is 11.6 Å². The standard InChI is InChI=1S/C17H19ClN4O3/c1-4-10(2)21-17-19-8-12(9-20-17)15(23)22-14-7-11(16(24)25-3)5-6-13(14)18/h5-10H,4H2,1-3H3,(H,22,23)(H,19,20,21). The zero-order valence-corrected chi connectivity index (χ0v) is 14.9. The van der Waals surface area contributed by atoms with Crippen LogP contribution in [0.2, 0.25) is 5.02 Å². The molecule has 0 fully saturated rings. The monoisotopic (exact) mass is 362 g/mol. The summed E-state index contributed by atoms with van der Waals surface area (Å²) in [4.78, 5) is 32.1. The Balaban J connectivity index is 2.13. The number of methoxy groups -OCH3 is 1. The van der Waals surface area contributed by atoms with Gasteiger partial charge in [-0.25, -0.2) is 14.8 Å². The molecule has 1 aromatic carbocycles. The Morgan fingerprint density at radius 1 is 1.24 bits per heavy atom. The molecule has 132 valence electrons. The molecule has 1 aromatic heterocycles. The molecule has 2 aromatic rings. The van der Waals surface area contributed by atoms with Crippen molar-refractivity contribution in [3.8, 4) is 0 Å². The quantitative estimate of drug-likeness (QED) is 0.765. The minimum Gasteiger partial charge on any atom is -0.465 e. The van der Waals surface area contributed by atoms with Crippen molar-refractivity contribution in [1.29, 1.82) is 0 Å². The van der Waals surface area contributed by atoms with Gasteiger partial charge in [0.25, 0.3) is 5.91 Å². The topological polar surface area (TPSA) is 93.2 Å². The highest BCUT2D eigenvalue weighted by atomic mass is 35.5. The number of hydrogen-bond donors (Lipinski definition) is 2. The van der Waals surface area contributed by atoms with Crippen molar-refractivity contribution in [2.75, 3.05) is 17.7 Å². The molecular weight excluding hydrogens is 344 g/mol. The minimum absolute atomic E-state index is 0.236. The van der Waals surface area contributed by atoms with Gasteiger partial charge in [0.15, 0.2) is 0 Å². The zero-order valence-electron chi connectivity index (χ0n) is 14.2. The van der Waals surface area contributed by atoms with Gasteiger partial charge in [-0.05, 0) is 31.5 Å². The van der Waals surface area contributed by atoms with Crippen molar-refractivity contribution < 1.29 is 14.3 Å². The van der Waals surface area contributed by atoms with Gasteiger partial charge in [-0.3, -0.25) is 4.79 Å². The number of ether oxygens (including phenoxy) is 1. The van der Waals surface area contributed by atoms with E-state index < -0.39 is 11.9 Å². The Morgan fingerprint density at radius 2 is 1.92 bits per heavy atom. The van der Waals surface area contributed by atoms with E-state index in [0.717, 1.165) is 6.42 Å². The summed E-state index contributed by atoms with van der Waals surface area (Å²) in [6.45, 7) is 4.06. The van der Waals surface area contributed by atoms with Gasteiger partial charge in [0.05, 0.1) is 28.9 Å². The molecule has 0 aliphatic rings. The molecular formula is C17H19ClN4O3. The van der Waals surface area contributed by atoms with E-state index in [2.05, 4.69) is 25.3 Å². The largest absolute Gasteiger partial charge is 0.465 e. The maximum Gasteiger partial charge on any atom is 0.337 e. The average molecular weight is 363 g/mol. The van der Waals surface area contributed by atoms with Crippen LogP contribution in [0.5, 0.6) is 0 Å². The van der Waals surface area contributed by atoms with Gasteiger partial charge in [0.2, 0.25) is 5.95 Å². The fraction of sp³-hybridized carbons (Fsp3) is 0.294. The molecule has 0 radical (unpaired) electrons. The van der Waals surface area contributed by atoms with Gasteiger partial charge in [0.1, 0.15) is 0 Å². The van der Waals surface area contributed by atoms with Crippen molar-refractivity contribution in [2.45, 2.75) is 26.3 Å². The van der Waals surface area contributed by atoms with Gasteiger partial charge >= 0.3 is 5.97 Å². The maximum absolute atomic E-state index is 12.3. The molecule has 25 heavy (non-hydrogen) atoms. The lowest BCUT2D eigenvalue weighted by Gasteiger charge is -2.11. The Kier molecular flexibility index (Phi) is 6.30. The number of carbonyl (C=O) groups excluding carboxylic acids is 2. The Bertz CT molecular complexity index is 765. The molecule has 2 N–H and O–H groups in total. The van der Waals surface area contributed by atoms with Crippen LogP contribution >= 0.6 is 11.6 Å². The molecule has 0 bridgehead atoms. The third-order valence-corrected chi connectivity index (χ3v) is 3.87. The lowest BCUT2D eigenvalue weighted by Crippen LogP contribution is -2.17. The number of carbonyl (C=O) groups is 2. The van der Waals surface area contributed by atoms with Crippen LogP contribution < -0.4 is 10.6 Å². The molecule has 0 aliphatic carbocycles. The predicted molar refractivity (Wildman–Crippen MR) is 96.2 cm³/mol. The molecule has 8 heteroatoms. The molecule has 1 amide bonds. The van der Waals surface area contributed by atoms with E-state index >= 15 is 0 Å². The lowest BCUT2D eigenvalue weighted by atomic mass is 10.2. The van der Waals surface area contributed by atoms with Crippen LogP contribution in [-0.2, 0) is 4.74 Å². The number of benzene rings is 1. The van der Waals surface area contributed by atoms with E-state index in [1.807, 2.05) is 13.8 Å².